The third-order valence-corrected chi connectivity index (χ3v) is 2.40. The molecular formula is C11H13N3O2. The molecule has 0 aliphatic carbocycles. The van der Waals surface area contributed by atoms with E-state index in [1.807, 2.05) is 0 Å². The van der Waals surface area contributed by atoms with Crippen LogP contribution in [-0.4, -0.2) is 23.2 Å². The van der Waals surface area contributed by atoms with Crippen molar-refractivity contribution in [3.05, 3.63) is 34.9 Å². The van der Waals surface area contributed by atoms with Gasteiger partial charge in [-0.15, -0.1) is 0 Å². The summed E-state index contributed by atoms with van der Waals surface area (Å²) in [6.07, 6.45) is 1.52. The highest BCUT2D eigenvalue weighted by Gasteiger charge is 2.04. The maximum absolute atomic E-state index is 12.0. The molecule has 1 aromatic carbocycles. The molecule has 0 aliphatic rings. The molecule has 16 heavy (non-hydrogen) atoms. The van der Waals surface area contributed by atoms with Gasteiger partial charge in [-0.25, -0.2) is 4.98 Å². The van der Waals surface area contributed by atoms with E-state index < -0.39 is 0 Å². The summed E-state index contributed by atoms with van der Waals surface area (Å²) in [5.74, 6) is 0.650. The molecule has 1 heterocycles. The highest BCUT2D eigenvalue weighted by molar-refractivity contribution is 5.78. The zero-order valence-electron chi connectivity index (χ0n) is 9.01. The van der Waals surface area contributed by atoms with E-state index in [2.05, 4.69) is 4.98 Å². The molecule has 84 valence electrons. The lowest BCUT2D eigenvalue weighted by molar-refractivity contribution is 0.415. The van der Waals surface area contributed by atoms with Crippen molar-refractivity contribution in [2.75, 3.05) is 13.7 Å². The standard InChI is InChI=1S/C11H13N3O2/c1-16-8-2-3-10-9(6-8)11(15)14(5-4-12)7-13-10/h2-3,6-7H,4-5,12H2,1H3. The number of hydrogen-bond acceptors (Lipinski definition) is 4. The fraction of sp³-hybridized carbons (Fsp3) is 0.273. The average molecular weight is 219 g/mol. The topological polar surface area (TPSA) is 70.1 Å². The van der Waals surface area contributed by atoms with Crippen LogP contribution >= 0.6 is 0 Å². The quantitative estimate of drug-likeness (QED) is 0.809. The number of methoxy groups -OCH3 is 1. The molecule has 1 aromatic heterocycles. The van der Waals surface area contributed by atoms with Crippen LogP contribution < -0.4 is 16.0 Å². The second-order valence-corrected chi connectivity index (χ2v) is 3.41. The maximum Gasteiger partial charge on any atom is 0.261 e. The summed E-state index contributed by atoms with van der Waals surface area (Å²) < 4.78 is 6.58. The highest BCUT2D eigenvalue weighted by Crippen LogP contribution is 2.15. The van der Waals surface area contributed by atoms with Crippen LogP contribution in [0, 0.1) is 0 Å². The Morgan fingerprint density at radius 2 is 2.31 bits per heavy atom. The van der Waals surface area contributed by atoms with Gasteiger partial charge in [0.25, 0.3) is 5.56 Å². The Balaban J connectivity index is 2.66. The summed E-state index contributed by atoms with van der Waals surface area (Å²) in [7, 11) is 1.57. The number of nitrogens with two attached hydrogens (primary N) is 1. The molecule has 0 aliphatic heterocycles. The van der Waals surface area contributed by atoms with Crippen molar-refractivity contribution >= 4 is 10.9 Å². The van der Waals surface area contributed by atoms with Crippen molar-refractivity contribution in [3.8, 4) is 5.75 Å². The van der Waals surface area contributed by atoms with Crippen LogP contribution in [0.1, 0.15) is 0 Å². The van der Waals surface area contributed by atoms with Gasteiger partial charge in [0.1, 0.15) is 5.75 Å². The fourth-order valence-electron chi connectivity index (χ4n) is 1.56. The lowest BCUT2D eigenvalue weighted by Crippen LogP contribution is -2.24. The molecule has 0 atom stereocenters. The van der Waals surface area contributed by atoms with Gasteiger partial charge in [0.05, 0.1) is 24.3 Å². The van der Waals surface area contributed by atoms with Crippen molar-refractivity contribution in [1.82, 2.24) is 9.55 Å². The first kappa shape index (κ1) is 10.6. The number of fused-ring (bicyclic) bond motifs is 1. The minimum Gasteiger partial charge on any atom is -0.497 e. The molecule has 0 amide bonds. The Morgan fingerprint density at radius 3 is 3.00 bits per heavy atom. The van der Waals surface area contributed by atoms with Crippen LogP contribution in [0.3, 0.4) is 0 Å². The fourth-order valence-corrected chi connectivity index (χ4v) is 1.56. The third kappa shape index (κ3) is 1.77. The van der Waals surface area contributed by atoms with E-state index in [0.29, 0.717) is 29.7 Å². The van der Waals surface area contributed by atoms with Crippen molar-refractivity contribution in [2.24, 2.45) is 5.73 Å². The van der Waals surface area contributed by atoms with E-state index in [4.69, 9.17) is 10.5 Å². The van der Waals surface area contributed by atoms with Crippen LogP contribution in [0.5, 0.6) is 5.75 Å². The van der Waals surface area contributed by atoms with Gasteiger partial charge in [-0.1, -0.05) is 0 Å². The number of benzene rings is 1. The van der Waals surface area contributed by atoms with Crippen molar-refractivity contribution < 1.29 is 4.74 Å². The second kappa shape index (κ2) is 4.32. The lowest BCUT2D eigenvalue weighted by atomic mass is 10.2. The van der Waals surface area contributed by atoms with Crippen molar-refractivity contribution in [2.45, 2.75) is 6.54 Å². The largest absolute Gasteiger partial charge is 0.497 e. The lowest BCUT2D eigenvalue weighted by Gasteiger charge is -2.05. The summed E-state index contributed by atoms with van der Waals surface area (Å²) >= 11 is 0. The number of aromatic nitrogens is 2. The van der Waals surface area contributed by atoms with Gasteiger partial charge in [0, 0.05) is 13.1 Å². The third-order valence-electron chi connectivity index (χ3n) is 2.40. The minimum absolute atomic E-state index is 0.0886. The SMILES string of the molecule is COc1ccc2ncn(CCN)c(=O)c2c1. The zero-order valence-corrected chi connectivity index (χ0v) is 9.01. The molecule has 0 saturated carbocycles. The number of rotatable bonds is 3. The van der Waals surface area contributed by atoms with Gasteiger partial charge < -0.3 is 10.5 Å². The van der Waals surface area contributed by atoms with Crippen LogP contribution in [-0.2, 0) is 6.54 Å². The monoisotopic (exact) mass is 219 g/mol. The smallest absolute Gasteiger partial charge is 0.261 e. The van der Waals surface area contributed by atoms with E-state index in [1.54, 1.807) is 25.3 Å². The first-order valence-electron chi connectivity index (χ1n) is 4.99. The Hall–Kier alpha value is -1.88. The predicted octanol–water partition coefficient (Wildman–Crippen LogP) is 0.364. The van der Waals surface area contributed by atoms with Gasteiger partial charge in [-0.2, -0.15) is 0 Å². The van der Waals surface area contributed by atoms with Crippen molar-refractivity contribution in [3.63, 3.8) is 0 Å². The Morgan fingerprint density at radius 1 is 1.50 bits per heavy atom. The van der Waals surface area contributed by atoms with E-state index >= 15 is 0 Å². The summed E-state index contributed by atoms with van der Waals surface area (Å²) in [6, 6.07) is 5.24. The van der Waals surface area contributed by atoms with E-state index in [1.165, 1.54) is 10.9 Å². The Labute approximate surface area is 92.5 Å². The summed E-state index contributed by atoms with van der Waals surface area (Å²) in [5, 5.41) is 0.551. The van der Waals surface area contributed by atoms with E-state index in [-0.39, 0.29) is 5.56 Å². The van der Waals surface area contributed by atoms with E-state index in [0.717, 1.165) is 0 Å². The first-order chi connectivity index (χ1) is 7.76. The number of ether oxygens (including phenoxy) is 1. The van der Waals surface area contributed by atoms with Gasteiger partial charge in [-0.3, -0.25) is 9.36 Å². The molecular weight excluding hydrogens is 206 g/mol. The van der Waals surface area contributed by atoms with E-state index in [9.17, 15) is 4.79 Å². The van der Waals surface area contributed by atoms with Gasteiger partial charge >= 0.3 is 0 Å². The summed E-state index contributed by atoms with van der Waals surface area (Å²) in [6.45, 7) is 0.885. The molecule has 5 heteroatoms. The Kier molecular flexibility index (Phi) is 2.87. The number of hydrogen-bond donors (Lipinski definition) is 1. The average Bonchev–Trinajstić information content (AvgIpc) is 2.33. The molecule has 2 N–H and O–H groups in total. The maximum atomic E-state index is 12.0. The van der Waals surface area contributed by atoms with Crippen LogP contribution in [0.25, 0.3) is 10.9 Å². The molecule has 0 bridgehead atoms. The first-order valence-corrected chi connectivity index (χ1v) is 4.99. The molecule has 0 fully saturated rings. The summed E-state index contributed by atoms with van der Waals surface area (Å²) in [5.41, 5.74) is 5.99. The van der Waals surface area contributed by atoms with Gasteiger partial charge in [-0.05, 0) is 18.2 Å². The van der Waals surface area contributed by atoms with Crippen molar-refractivity contribution in [1.29, 1.82) is 0 Å². The second-order valence-electron chi connectivity index (χ2n) is 3.41. The van der Waals surface area contributed by atoms with Crippen LogP contribution in [0.2, 0.25) is 0 Å². The van der Waals surface area contributed by atoms with Crippen LogP contribution in [0.15, 0.2) is 29.3 Å². The number of nitrogens with zero attached hydrogens (tertiary/aromatic N) is 2. The molecule has 2 aromatic rings. The predicted molar refractivity (Wildman–Crippen MR) is 61.6 cm³/mol. The summed E-state index contributed by atoms with van der Waals surface area (Å²) in [4.78, 5) is 16.2. The molecule has 0 saturated heterocycles. The van der Waals surface area contributed by atoms with Crippen LogP contribution in [0.4, 0.5) is 0 Å². The minimum atomic E-state index is -0.0886. The van der Waals surface area contributed by atoms with Gasteiger partial charge in [0.15, 0.2) is 0 Å². The molecule has 0 unspecified atom stereocenters. The van der Waals surface area contributed by atoms with Gasteiger partial charge in [0.2, 0.25) is 0 Å². The molecule has 5 nitrogen and oxygen atoms in total. The molecule has 0 radical (unpaired) electrons. The highest BCUT2D eigenvalue weighted by atomic mass is 16.5. The molecule has 2 rings (SSSR count). The zero-order chi connectivity index (χ0) is 11.5. The molecule has 0 spiro atoms. The normalized spacial score (nSPS) is 10.6. The Bertz CT molecular complexity index is 563.